The molecule has 2 aromatic rings. The summed E-state index contributed by atoms with van der Waals surface area (Å²) in [6.45, 7) is -0.246. The molecule has 2 aliphatic heterocycles. The van der Waals surface area contributed by atoms with Gasteiger partial charge in [-0.05, 0) is 49.9 Å². The van der Waals surface area contributed by atoms with Crippen molar-refractivity contribution in [2.75, 3.05) is 6.61 Å². The van der Waals surface area contributed by atoms with Gasteiger partial charge in [-0.1, -0.05) is 30.3 Å². The van der Waals surface area contributed by atoms with Crippen LogP contribution in [0.5, 0.6) is 5.75 Å². The van der Waals surface area contributed by atoms with Gasteiger partial charge in [-0.3, -0.25) is 4.79 Å². The Morgan fingerprint density at radius 3 is 2.25 bits per heavy atom. The third-order valence-electron chi connectivity index (χ3n) is 5.68. The highest BCUT2D eigenvalue weighted by molar-refractivity contribution is 7.92. The fourth-order valence-corrected chi connectivity index (χ4v) is 6.24. The van der Waals surface area contributed by atoms with Gasteiger partial charge >= 0.3 is 0 Å². The molecule has 4 rings (SSSR count). The maximum atomic E-state index is 13.7. The summed E-state index contributed by atoms with van der Waals surface area (Å²) in [4.78, 5) is 14.8. The van der Waals surface area contributed by atoms with Gasteiger partial charge < -0.3 is 9.64 Å². The summed E-state index contributed by atoms with van der Waals surface area (Å²) in [5, 5.41) is -0.482. The van der Waals surface area contributed by atoms with Crippen molar-refractivity contribution in [1.29, 1.82) is 0 Å². The highest BCUT2D eigenvalue weighted by Crippen LogP contribution is 2.39. The Bertz CT molecular complexity index is 949. The quantitative estimate of drug-likeness (QED) is 0.769. The van der Waals surface area contributed by atoms with Crippen LogP contribution in [-0.4, -0.2) is 43.2 Å². The van der Waals surface area contributed by atoms with Gasteiger partial charge in [0, 0.05) is 12.1 Å². The summed E-state index contributed by atoms with van der Waals surface area (Å²) < 4.78 is 45.0. The molecule has 2 aliphatic rings. The summed E-state index contributed by atoms with van der Waals surface area (Å²) in [5.74, 6) is -0.679. The zero-order valence-corrected chi connectivity index (χ0v) is 16.1. The smallest absolute Gasteiger partial charge is 0.261 e. The molecule has 0 saturated carbocycles. The van der Waals surface area contributed by atoms with E-state index in [1.807, 2.05) is 0 Å². The third kappa shape index (κ3) is 3.51. The summed E-state index contributed by atoms with van der Waals surface area (Å²) in [6, 6.07) is 14.2. The maximum absolute atomic E-state index is 13.7. The lowest BCUT2D eigenvalue weighted by molar-refractivity contribution is -0.137. The zero-order chi connectivity index (χ0) is 19.7. The van der Waals surface area contributed by atoms with E-state index in [9.17, 15) is 17.6 Å². The molecule has 2 fully saturated rings. The van der Waals surface area contributed by atoms with Gasteiger partial charge in [0.2, 0.25) is 0 Å². The van der Waals surface area contributed by atoms with Crippen molar-refractivity contribution >= 4 is 15.7 Å². The number of amides is 1. The van der Waals surface area contributed by atoms with Crippen molar-refractivity contribution in [2.24, 2.45) is 0 Å². The van der Waals surface area contributed by atoms with E-state index in [2.05, 4.69) is 0 Å². The lowest BCUT2D eigenvalue weighted by Crippen LogP contribution is -2.51. The first kappa shape index (κ1) is 18.9. The van der Waals surface area contributed by atoms with Crippen LogP contribution in [0, 0.1) is 5.82 Å². The number of sulfone groups is 1. The van der Waals surface area contributed by atoms with Crippen LogP contribution in [0.15, 0.2) is 59.5 Å². The lowest BCUT2D eigenvalue weighted by Gasteiger charge is -2.38. The Hall–Kier alpha value is -2.41. The molecule has 5 nitrogen and oxygen atoms in total. The van der Waals surface area contributed by atoms with Gasteiger partial charge in [0.1, 0.15) is 0 Å². The average molecular weight is 403 g/mol. The van der Waals surface area contributed by atoms with E-state index in [0.29, 0.717) is 17.7 Å². The zero-order valence-electron chi connectivity index (χ0n) is 15.3. The van der Waals surface area contributed by atoms with Crippen molar-refractivity contribution in [3.63, 3.8) is 0 Å². The number of nitrogens with zero attached hydrogens (tertiary/aromatic N) is 1. The standard InChI is InChI=1S/C21H22FNO4S/c22-19-8-4-5-9-20(19)27-14-21(24)23-15-10-11-16(23)13-18(12-15)28(25,26)17-6-2-1-3-7-17/h1-9,15-16,18H,10-14H2/t15-,16-/m0/s1. The second kappa shape index (κ2) is 7.54. The van der Waals surface area contributed by atoms with E-state index in [4.69, 9.17) is 4.74 Å². The van der Waals surface area contributed by atoms with Crippen molar-refractivity contribution in [1.82, 2.24) is 4.90 Å². The third-order valence-corrected chi connectivity index (χ3v) is 7.87. The minimum Gasteiger partial charge on any atom is -0.481 e. The number of hydrogen-bond donors (Lipinski definition) is 0. The molecule has 2 atom stereocenters. The Morgan fingerprint density at radius 2 is 1.61 bits per heavy atom. The lowest BCUT2D eigenvalue weighted by atomic mass is 10.0. The fraction of sp³-hybridized carbons (Fsp3) is 0.381. The monoisotopic (exact) mass is 403 g/mol. The van der Waals surface area contributed by atoms with Crippen LogP contribution in [0.3, 0.4) is 0 Å². The van der Waals surface area contributed by atoms with Crippen LogP contribution in [0.1, 0.15) is 25.7 Å². The molecular formula is C21H22FNO4S. The number of rotatable bonds is 5. The van der Waals surface area contributed by atoms with E-state index in [-0.39, 0.29) is 30.3 Å². The molecule has 0 aliphatic carbocycles. The molecule has 0 N–H and O–H groups in total. The normalized spacial score (nSPS) is 24.2. The second-order valence-electron chi connectivity index (χ2n) is 7.36. The molecule has 28 heavy (non-hydrogen) atoms. The largest absolute Gasteiger partial charge is 0.481 e. The number of fused-ring (bicyclic) bond motifs is 2. The molecule has 2 aromatic carbocycles. The summed E-state index contributed by atoms with van der Waals surface area (Å²) >= 11 is 0. The van der Waals surface area contributed by atoms with E-state index < -0.39 is 20.9 Å². The van der Waals surface area contributed by atoms with Crippen LogP contribution < -0.4 is 4.74 Å². The molecule has 0 unspecified atom stereocenters. The number of benzene rings is 2. The van der Waals surface area contributed by atoms with Crippen molar-refractivity contribution in [2.45, 2.75) is 47.9 Å². The molecular weight excluding hydrogens is 381 g/mol. The van der Waals surface area contributed by atoms with Gasteiger partial charge in [0.05, 0.1) is 10.1 Å². The fourth-order valence-electron chi connectivity index (χ4n) is 4.37. The number of halogens is 1. The Labute approximate surface area is 164 Å². The van der Waals surface area contributed by atoms with Gasteiger partial charge in [-0.2, -0.15) is 0 Å². The second-order valence-corrected chi connectivity index (χ2v) is 9.58. The Balaban J connectivity index is 1.44. The Kier molecular flexibility index (Phi) is 5.10. The van der Waals surface area contributed by atoms with Crippen LogP contribution >= 0.6 is 0 Å². The predicted molar refractivity (Wildman–Crippen MR) is 102 cm³/mol. The van der Waals surface area contributed by atoms with Gasteiger partial charge in [-0.25, -0.2) is 12.8 Å². The molecule has 0 radical (unpaired) electrons. The summed E-state index contributed by atoms with van der Waals surface area (Å²) in [7, 11) is -3.42. The Morgan fingerprint density at radius 1 is 1.00 bits per heavy atom. The maximum Gasteiger partial charge on any atom is 0.261 e. The van der Waals surface area contributed by atoms with Crippen LogP contribution in [0.25, 0.3) is 0 Å². The SMILES string of the molecule is O=C(COc1ccccc1F)N1[C@H]2CC[C@H]1CC(S(=O)(=O)c1ccccc1)C2. The van der Waals surface area contributed by atoms with Crippen molar-refractivity contribution < 1.29 is 22.3 Å². The van der Waals surface area contributed by atoms with Gasteiger partial charge in [-0.15, -0.1) is 0 Å². The van der Waals surface area contributed by atoms with Gasteiger partial charge in [0.15, 0.2) is 28.0 Å². The van der Waals surface area contributed by atoms with Crippen LogP contribution in [0.2, 0.25) is 0 Å². The number of para-hydroxylation sites is 1. The number of carbonyl (C=O) groups excluding carboxylic acids is 1. The van der Waals surface area contributed by atoms with E-state index >= 15 is 0 Å². The topological polar surface area (TPSA) is 63.7 Å². The van der Waals surface area contributed by atoms with Crippen molar-refractivity contribution in [3.05, 3.63) is 60.4 Å². The van der Waals surface area contributed by atoms with E-state index in [1.165, 1.54) is 12.1 Å². The van der Waals surface area contributed by atoms with Gasteiger partial charge in [0.25, 0.3) is 5.91 Å². The molecule has 0 aromatic heterocycles. The van der Waals surface area contributed by atoms with E-state index in [0.717, 1.165) is 12.8 Å². The first-order valence-corrected chi connectivity index (χ1v) is 11.0. The molecule has 7 heteroatoms. The number of hydrogen-bond acceptors (Lipinski definition) is 4. The minimum absolute atomic E-state index is 0.0461. The van der Waals surface area contributed by atoms with E-state index in [1.54, 1.807) is 47.4 Å². The molecule has 2 heterocycles. The van der Waals surface area contributed by atoms with Crippen LogP contribution in [0.4, 0.5) is 4.39 Å². The molecule has 1 amide bonds. The molecule has 148 valence electrons. The first-order valence-electron chi connectivity index (χ1n) is 9.44. The summed E-state index contributed by atoms with van der Waals surface area (Å²) in [6.07, 6.45) is 2.44. The predicted octanol–water partition coefficient (Wildman–Crippen LogP) is 3.20. The van der Waals surface area contributed by atoms with Crippen LogP contribution in [-0.2, 0) is 14.6 Å². The number of piperidine rings is 1. The molecule has 0 spiro atoms. The minimum atomic E-state index is -3.42. The number of ether oxygens (including phenoxy) is 1. The first-order chi connectivity index (χ1) is 13.5. The highest BCUT2D eigenvalue weighted by atomic mass is 32.2. The highest BCUT2D eigenvalue weighted by Gasteiger charge is 2.47. The average Bonchev–Trinajstić information content (AvgIpc) is 2.97. The molecule has 2 saturated heterocycles. The van der Waals surface area contributed by atoms with Crippen molar-refractivity contribution in [3.8, 4) is 5.75 Å². The number of carbonyl (C=O) groups is 1. The summed E-state index contributed by atoms with van der Waals surface area (Å²) in [5.41, 5.74) is 0. The molecule has 2 bridgehead atoms.